The van der Waals surface area contributed by atoms with Crippen molar-refractivity contribution in [1.82, 2.24) is 15.5 Å². The number of hydrogen-bond acceptors (Lipinski definition) is 4. The molecule has 1 heterocycles. The van der Waals surface area contributed by atoms with Crippen LogP contribution in [-0.2, 0) is 6.42 Å². The third-order valence-electron chi connectivity index (χ3n) is 3.72. The van der Waals surface area contributed by atoms with Gasteiger partial charge < -0.3 is 5.32 Å². The highest BCUT2D eigenvalue weighted by Gasteiger charge is 2.16. The lowest BCUT2D eigenvalue weighted by molar-refractivity contribution is 0.456. The van der Waals surface area contributed by atoms with Gasteiger partial charge in [-0.25, -0.2) is 0 Å². The topological polar surface area (TPSA) is 37.8 Å². The van der Waals surface area contributed by atoms with Crippen molar-refractivity contribution < 1.29 is 0 Å². The van der Waals surface area contributed by atoms with Crippen molar-refractivity contribution >= 4 is 11.3 Å². The standard InChI is InChI=1S/C13H23N3S/c1-10(14-2)13-16-15-12(17-13)9-11-7-5-3-4-6-8-11/h10-11,14H,3-9H2,1-2H3. The first-order valence-electron chi connectivity index (χ1n) is 6.79. The lowest BCUT2D eigenvalue weighted by Crippen LogP contribution is -2.11. The molecule has 1 atom stereocenters. The summed E-state index contributed by atoms with van der Waals surface area (Å²) in [5, 5.41) is 14.2. The largest absolute Gasteiger partial charge is 0.311 e. The van der Waals surface area contributed by atoms with E-state index in [2.05, 4.69) is 22.4 Å². The van der Waals surface area contributed by atoms with Crippen molar-refractivity contribution in [3.63, 3.8) is 0 Å². The summed E-state index contributed by atoms with van der Waals surface area (Å²) in [7, 11) is 1.97. The Labute approximate surface area is 108 Å². The number of nitrogens with one attached hydrogen (secondary N) is 1. The Bertz CT molecular complexity index is 329. The van der Waals surface area contributed by atoms with Crippen LogP contribution in [-0.4, -0.2) is 17.2 Å². The molecule has 96 valence electrons. The number of hydrogen-bond donors (Lipinski definition) is 1. The Morgan fingerprint density at radius 3 is 2.59 bits per heavy atom. The zero-order valence-electron chi connectivity index (χ0n) is 10.9. The lowest BCUT2D eigenvalue weighted by atomic mass is 9.97. The maximum absolute atomic E-state index is 4.34. The van der Waals surface area contributed by atoms with Crippen LogP contribution < -0.4 is 5.32 Å². The third kappa shape index (κ3) is 3.75. The van der Waals surface area contributed by atoms with E-state index >= 15 is 0 Å². The summed E-state index contributed by atoms with van der Waals surface area (Å²) in [6.45, 7) is 2.13. The Kier molecular flexibility index (Phi) is 4.92. The molecule has 1 aromatic heterocycles. The Morgan fingerprint density at radius 2 is 1.94 bits per heavy atom. The second-order valence-corrected chi connectivity index (χ2v) is 6.20. The predicted octanol–water partition coefficient (Wildman–Crippen LogP) is 3.33. The molecule has 0 radical (unpaired) electrons. The van der Waals surface area contributed by atoms with Crippen molar-refractivity contribution in [2.45, 2.75) is 57.9 Å². The molecule has 0 amide bonds. The Hall–Kier alpha value is -0.480. The quantitative estimate of drug-likeness (QED) is 0.836. The van der Waals surface area contributed by atoms with Gasteiger partial charge in [-0.2, -0.15) is 0 Å². The van der Waals surface area contributed by atoms with Gasteiger partial charge in [-0.1, -0.05) is 49.9 Å². The van der Waals surface area contributed by atoms with Gasteiger partial charge in [-0.05, 0) is 19.9 Å². The highest BCUT2D eigenvalue weighted by Crippen LogP contribution is 2.27. The molecule has 2 rings (SSSR count). The highest BCUT2D eigenvalue weighted by atomic mass is 32.1. The molecular weight excluding hydrogens is 230 g/mol. The summed E-state index contributed by atoms with van der Waals surface area (Å²) in [4.78, 5) is 0. The van der Waals surface area contributed by atoms with E-state index in [4.69, 9.17) is 0 Å². The van der Waals surface area contributed by atoms with Crippen molar-refractivity contribution in [1.29, 1.82) is 0 Å². The lowest BCUT2D eigenvalue weighted by Gasteiger charge is -2.10. The zero-order valence-corrected chi connectivity index (χ0v) is 11.7. The molecule has 1 saturated carbocycles. The minimum absolute atomic E-state index is 0.329. The Morgan fingerprint density at radius 1 is 1.24 bits per heavy atom. The van der Waals surface area contributed by atoms with Crippen molar-refractivity contribution in [2.75, 3.05) is 7.05 Å². The van der Waals surface area contributed by atoms with E-state index in [1.165, 1.54) is 43.5 Å². The fourth-order valence-electron chi connectivity index (χ4n) is 2.46. The second-order valence-electron chi connectivity index (χ2n) is 5.11. The molecule has 4 heteroatoms. The van der Waals surface area contributed by atoms with Gasteiger partial charge >= 0.3 is 0 Å². The van der Waals surface area contributed by atoms with Crippen molar-refractivity contribution in [3.05, 3.63) is 10.0 Å². The van der Waals surface area contributed by atoms with Gasteiger partial charge in [0.1, 0.15) is 10.0 Å². The van der Waals surface area contributed by atoms with E-state index in [-0.39, 0.29) is 0 Å². The van der Waals surface area contributed by atoms with Gasteiger partial charge in [0.05, 0.1) is 6.04 Å². The second kappa shape index (κ2) is 6.45. The molecule has 0 spiro atoms. The molecule has 0 saturated heterocycles. The number of nitrogens with zero attached hydrogens (tertiary/aromatic N) is 2. The third-order valence-corrected chi connectivity index (χ3v) is 4.85. The van der Waals surface area contributed by atoms with E-state index in [0.717, 1.165) is 17.3 Å². The van der Waals surface area contributed by atoms with E-state index in [0.29, 0.717) is 6.04 Å². The number of rotatable bonds is 4. The van der Waals surface area contributed by atoms with Gasteiger partial charge in [0.15, 0.2) is 0 Å². The molecule has 1 N–H and O–H groups in total. The first-order valence-corrected chi connectivity index (χ1v) is 7.60. The van der Waals surface area contributed by atoms with E-state index in [9.17, 15) is 0 Å². The van der Waals surface area contributed by atoms with Crippen molar-refractivity contribution in [3.8, 4) is 0 Å². The molecule has 0 aliphatic heterocycles. The fourth-order valence-corrected chi connectivity index (χ4v) is 3.48. The summed E-state index contributed by atoms with van der Waals surface area (Å²) in [5.41, 5.74) is 0. The van der Waals surface area contributed by atoms with Crippen LogP contribution in [0.15, 0.2) is 0 Å². The Balaban J connectivity index is 1.91. The minimum Gasteiger partial charge on any atom is -0.311 e. The van der Waals surface area contributed by atoms with Gasteiger partial charge in [-0.3, -0.25) is 0 Å². The molecule has 1 aliphatic rings. The fraction of sp³-hybridized carbons (Fsp3) is 0.846. The van der Waals surface area contributed by atoms with E-state index in [1.807, 2.05) is 7.05 Å². The van der Waals surface area contributed by atoms with Crippen LogP contribution in [0.3, 0.4) is 0 Å². The van der Waals surface area contributed by atoms with Crippen LogP contribution >= 0.6 is 11.3 Å². The molecule has 17 heavy (non-hydrogen) atoms. The zero-order chi connectivity index (χ0) is 12.1. The molecule has 1 aliphatic carbocycles. The molecule has 3 nitrogen and oxygen atoms in total. The van der Waals surface area contributed by atoms with Gasteiger partial charge in [-0.15, -0.1) is 10.2 Å². The van der Waals surface area contributed by atoms with Gasteiger partial charge in [0, 0.05) is 6.42 Å². The first-order chi connectivity index (χ1) is 8.29. The van der Waals surface area contributed by atoms with Crippen molar-refractivity contribution in [2.24, 2.45) is 5.92 Å². The average Bonchev–Trinajstić information content (AvgIpc) is 2.65. The molecule has 1 unspecified atom stereocenters. The van der Waals surface area contributed by atoms with Crippen LogP contribution in [0, 0.1) is 5.92 Å². The van der Waals surface area contributed by atoms with Crippen LogP contribution in [0.2, 0.25) is 0 Å². The molecule has 1 fully saturated rings. The molecule has 0 bridgehead atoms. The molecular formula is C13H23N3S. The monoisotopic (exact) mass is 253 g/mol. The van der Waals surface area contributed by atoms with E-state index < -0.39 is 0 Å². The van der Waals surface area contributed by atoms with E-state index in [1.54, 1.807) is 11.3 Å². The first kappa shape index (κ1) is 13.0. The van der Waals surface area contributed by atoms with Gasteiger partial charge in [0.2, 0.25) is 0 Å². The highest BCUT2D eigenvalue weighted by molar-refractivity contribution is 7.11. The maximum Gasteiger partial charge on any atom is 0.134 e. The minimum atomic E-state index is 0.329. The van der Waals surface area contributed by atoms with Crippen LogP contribution in [0.25, 0.3) is 0 Å². The molecule has 1 aromatic rings. The normalized spacial score (nSPS) is 20.1. The van der Waals surface area contributed by atoms with Crippen LogP contribution in [0.1, 0.15) is 61.5 Å². The van der Waals surface area contributed by atoms with Crippen LogP contribution in [0.4, 0.5) is 0 Å². The molecule has 0 aromatic carbocycles. The maximum atomic E-state index is 4.34. The summed E-state index contributed by atoms with van der Waals surface area (Å²) >= 11 is 1.78. The summed E-state index contributed by atoms with van der Waals surface area (Å²) in [6.07, 6.45) is 9.58. The number of aromatic nitrogens is 2. The smallest absolute Gasteiger partial charge is 0.134 e. The average molecular weight is 253 g/mol. The summed E-state index contributed by atoms with van der Waals surface area (Å²) in [6, 6.07) is 0.329. The predicted molar refractivity (Wildman–Crippen MR) is 72.3 cm³/mol. The SMILES string of the molecule is CNC(C)c1nnc(CC2CCCCCC2)s1. The summed E-state index contributed by atoms with van der Waals surface area (Å²) in [5.74, 6) is 0.850. The van der Waals surface area contributed by atoms with Crippen LogP contribution in [0.5, 0.6) is 0 Å². The summed E-state index contributed by atoms with van der Waals surface area (Å²) < 4.78 is 0. The van der Waals surface area contributed by atoms with Gasteiger partial charge in [0.25, 0.3) is 0 Å².